The Bertz CT molecular complexity index is 763. The highest BCUT2D eigenvalue weighted by molar-refractivity contribution is 9.10. The number of sulfonamides is 1. The summed E-state index contributed by atoms with van der Waals surface area (Å²) in [4.78, 5) is 8.09. The van der Waals surface area contributed by atoms with E-state index < -0.39 is 10.0 Å². The molecule has 1 aromatic carbocycles. The van der Waals surface area contributed by atoms with Gasteiger partial charge in [0.05, 0.1) is 17.3 Å². The Morgan fingerprint density at radius 2 is 1.81 bits per heavy atom. The average Bonchev–Trinajstić information content (AvgIpc) is 2.39. The Morgan fingerprint density at radius 1 is 1.14 bits per heavy atom. The van der Waals surface area contributed by atoms with Crippen molar-refractivity contribution >= 4 is 37.5 Å². The van der Waals surface area contributed by atoms with Gasteiger partial charge in [0.25, 0.3) is 10.0 Å². The monoisotopic (exact) mass is 370 g/mol. The van der Waals surface area contributed by atoms with Crippen molar-refractivity contribution in [3.63, 3.8) is 0 Å². The predicted molar refractivity (Wildman–Crippen MR) is 85.6 cm³/mol. The van der Waals surface area contributed by atoms with E-state index >= 15 is 0 Å². The van der Waals surface area contributed by atoms with E-state index in [1.807, 2.05) is 6.92 Å². The lowest BCUT2D eigenvalue weighted by atomic mass is 10.1. The summed E-state index contributed by atoms with van der Waals surface area (Å²) < 4.78 is 28.1. The molecule has 2 rings (SSSR count). The van der Waals surface area contributed by atoms with E-state index in [4.69, 9.17) is 5.73 Å². The first-order chi connectivity index (χ1) is 9.72. The van der Waals surface area contributed by atoms with Crippen LogP contribution in [0.2, 0.25) is 0 Å². The minimum Gasteiger partial charge on any atom is -0.398 e. The van der Waals surface area contributed by atoms with Gasteiger partial charge in [0.2, 0.25) is 0 Å². The van der Waals surface area contributed by atoms with Gasteiger partial charge in [-0.25, -0.2) is 18.4 Å². The molecule has 0 atom stereocenters. The zero-order valence-electron chi connectivity index (χ0n) is 11.8. The van der Waals surface area contributed by atoms with E-state index in [1.165, 1.54) is 12.4 Å². The highest BCUT2D eigenvalue weighted by Crippen LogP contribution is 2.29. The van der Waals surface area contributed by atoms with Gasteiger partial charge in [-0.15, -0.1) is 0 Å². The lowest BCUT2D eigenvalue weighted by Gasteiger charge is -2.16. The zero-order valence-corrected chi connectivity index (χ0v) is 14.2. The van der Waals surface area contributed by atoms with Crippen LogP contribution in [0.4, 0.5) is 11.5 Å². The van der Waals surface area contributed by atoms with Crippen LogP contribution in [0.1, 0.15) is 16.7 Å². The smallest absolute Gasteiger partial charge is 0.263 e. The van der Waals surface area contributed by atoms with Gasteiger partial charge in [-0.3, -0.25) is 4.72 Å². The molecular formula is C13H15BrN4O2S. The topological polar surface area (TPSA) is 98.0 Å². The molecule has 8 heteroatoms. The molecule has 0 unspecified atom stereocenters. The second kappa shape index (κ2) is 5.61. The fraction of sp³-hybridized carbons (Fsp3) is 0.231. The van der Waals surface area contributed by atoms with E-state index in [0.29, 0.717) is 21.4 Å². The summed E-state index contributed by atoms with van der Waals surface area (Å²) in [5, 5.41) is 0. The fourth-order valence-electron chi connectivity index (χ4n) is 2.00. The molecule has 0 aliphatic carbocycles. The Hall–Kier alpha value is -1.67. The van der Waals surface area contributed by atoms with Gasteiger partial charge < -0.3 is 5.73 Å². The first kappa shape index (κ1) is 15.7. The maximum Gasteiger partial charge on any atom is 0.263 e. The Morgan fingerprint density at radius 3 is 2.38 bits per heavy atom. The van der Waals surface area contributed by atoms with Gasteiger partial charge >= 0.3 is 0 Å². The first-order valence-electron chi connectivity index (χ1n) is 6.09. The van der Waals surface area contributed by atoms with Crippen molar-refractivity contribution in [3.05, 3.63) is 39.8 Å². The van der Waals surface area contributed by atoms with Gasteiger partial charge in [0.1, 0.15) is 4.60 Å². The summed E-state index contributed by atoms with van der Waals surface area (Å²) in [6.07, 6.45) is 2.76. The van der Waals surface area contributed by atoms with Crippen molar-refractivity contribution in [2.24, 2.45) is 0 Å². The number of nitrogens with one attached hydrogen (secondary N) is 1. The first-order valence-corrected chi connectivity index (χ1v) is 8.36. The zero-order chi connectivity index (χ0) is 15.8. The molecule has 2 aromatic rings. The quantitative estimate of drug-likeness (QED) is 0.808. The van der Waals surface area contributed by atoms with Crippen LogP contribution in [-0.4, -0.2) is 18.4 Å². The third-order valence-corrected chi connectivity index (χ3v) is 5.24. The number of halogens is 1. The highest BCUT2D eigenvalue weighted by Gasteiger charge is 2.23. The Kier molecular flexibility index (Phi) is 4.20. The summed E-state index contributed by atoms with van der Waals surface area (Å²) in [5.41, 5.74) is 8.33. The summed E-state index contributed by atoms with van der Waals surface area (Å²) >= 11 is 3.14. The molecule has 0 fully saturated rings. The minimum atomic E-state index is -3.78. The Labute approximate surface area is 132 Å². The molecular weight excluding hydrogens is 356 g/mol. The summed E-state index contributed by atoms with van der Waals surface area (Å²) in [6, 6.07) is 1.77. The molecule has 6 nitrogen and oxygen atoms in total. The largest absolute Gasteiger partial charge is 0.398 e. The molecule has 0 saturated carbocycles. The maximum absolute atomic E-state index is 12.6. The molecule has 0 radical (unpaired) electrons. The Balaban J connectivity index is 2.52. The van der Waals surface area contributed by atoms with Crippen molar-refractivity contribution in [2.75, 3.05) is 10.5 Å². The fourth-order valence-corrected chi connectivity index (χ4v) is 3.77. The van der Waals surface area contributed by atoms with Gasteiger partial charge in [-0.2, -0.15) is 0 Å². The van der Waals surface area contributed by atoms with Crippen molar-refractivity contribution < 1.29 is 8.42 Å². The van der Waals surface area contributed by atoms with Crippen LogP contribution in [-0.2, 0) is 10.0 Å². The minimum absolute atomic E-state index is 0.150. The summed E-state index contributed by atoms with van der Waals surface area (Å²) in [7, 11) is -3.78. The molecule has 0 saturated heterocycles. The molecule has 3 N–H and O–H groups in total. The van der Waals surface area contributed by atoms with Gasteiger partial charge in [-0.1, -0.05) is 0 Å². The summed E-state index contributed by atoms with van der Waals surface area (Å²) in [5.74, 6) is 0.150. The third kappa shape index (κ3) is 3.16. The van der Waals surface area contributed by atoms with Gasteiger partial charge in [-0.05, 0) is 59.5 Å². The SMILES string of the molecule is Cc1cc(N)c(C)c(S(=O)(=O)Nc2cnc(Br)cn2)c1C. The van der Waals surface area contributed by atoms with E-state index in [2.05, 4.69) is 30.6 Å². The summed E-state index contributed by atoms with van der Waals surface area (Å²) in [6.45, 7) is 5.26. The van der Waals surface area contributed by atoms with Crippen LogP contribution >= 0.6 is 15.9 Å². The number of rotatable bonds is 3. The molecule has 0 aliphatic heterocycles. The van der Waals surface area contributed by atoms with Crippen molar-refractivity contribution in [1.29, 1.82) is 0 Å². The molecule has 21 heavy (non-hydrogen) atoms. The molecule has 0 aliphatic rings. The second-order valence-electron chi connectivity index (χ2n) is 4.69. The van der Waals surface area contributed by atoms with Crippen molar-refractivity contribution in [1.82, 2.24) is 9.97 Å². The number of nitrogen functional groups attached to an aromatic ring is 1. The highest BCUT2D eigenvalue weighted by atomic mass is 79.9. The van der Waals surface area contributed by atoms with Crippen LogP contribution in [0.15, 0.2) is 28.0 Å². The number of benzene rings is 1. The van der Waals surface area contributed by atoms with E-state index in [1.54, 1.807) is 19.9 Å². The molecule has 1 heterocycles. The number of hydrogen-bond donors (Lipinski definition) is 2. The standard InChI is InChI=1S/C13H15BrN4O2S/c1-7-4-10(15)9(3)13(8(7)2)21(19,20)18-12-6-16-11(14)5-17-12/h4-6H,15H2,1-3H3,(H,17,18). The second-order valence-corrected chi connectivity index (χ2v) is 7.12. The molecule has 0 spiro atoms. The number of anilines is 2. The number of aromatic nitrogens is 2. The average molecular weight is 371 g/mol. The number of nitrogens with zero attached hydrogens (tertiary/aromatic N) is 2. The van der Waals surface area contributed by atoms with E-state index in [-0.39, 0.29) is 10.7 Å². The van der Waals surface area contributed by atoms with Crippen LogP contribution in [0.25, 0.3) is 0 Å². The van der Waals surface area contributed by atoms with Gasteiger partial charge in [0, 0.05) is 5.69 Å². The maximum atomic E-state index is 12.6. The number of hydrogen-bond acceptors (Lipinski definition) is 5. The number of nitrogens with two attached hydrogens (primary N) is 1. The van der Waals surface area contributed by atoms with E-state index in [0.717, 1.165) is 5.56 Å². The van der Waals surface area contributed by atoms with Crippen molar-refractivity contribution in [2.45, 2.75) is 25.7 Å². The predicted octanol–water partition coefficient (Wildman–Crippen LogP) is 2.55. The number of aryl methyl sites for hydroxylation is 1. The molecule has 0 bridgehead atoms. The lowest BCUT2D eigenvalue weighted by molar-refractivity contribution is 0.599. The normalized spacial score (nSPS) is 11.4. The van der Waals surface area contributed by atoms with Crippen LogP contribution < -0.4 is 10.5 Å². The van der Waals surface area contributed by atoms with Crippen LogP contribution in [0.5, 0.6) is 0 Å². The molecule has 112 valence electrons. The molecule has 0 amide bonds. The third-order valence-electron chi connectivity index (χ3n) is 3.21. The van der Waals surface area contributed by atoms with Gasteiger partial charge in [0.15, 0.2) is 5.82 Å². The molecule has 1 aromatic heterocycles. The lowest BCUT2D eigenvalue weighted by Crippen LogP contribution is -2.18. The van der Waals surface area contributed by atoms with Crippen LogP contribution in [0.3, 0.4) is 0 Å². The van der Waals surface area contributed by atoms with Crippen LogP contribution in [0, 0.1) is 20.8 Å². The van der Waals surface area contributed by atoms with Crippen molar-refractivity contribution in [3.8, 4) is 0 Å². The van der Waals surface area contributed by atoms with E-state index in [9.17, 15) is 8.42 Å².